The molecular formula is C25H27N5O3S. The Balaban J connectivity index is 1.31. The second kappa shape index (κ2) is 9.90. The molecule has 0 unspecified atom stereocenters. The Hall–Kier alpha value is -3.30. The number of nitrogens with zero attached hydrogens (tertiary/aromatic N) is 4. The minimum atomic E-state index is -0.237. The summed E-state index contributed by atoms with van der Waals surface area (Å²) in [4.78, 5) is 14.9. The van der Waals surface area contributed by atoms with E-state index in [4.69, 9.17) is 9.15 Å². The van der Waals surface area contributed by atoms with Crippen molar-refractivity contribution >= 4 is 34.6 Å². The highest BCUT2D eigenvalue weighted by Crippen LogP contribution is 2.28. The van der Waals surface area contributed by atoms with Gasteiger partial charge < -0.3 is 19.4 Å². The molecule has 0 bridgehead atoms. The molecule has 2 aromatic heterocycles. The third-order valence-electron chi connectivity index (χ3n) is 5.75. The van der Waals surface area contributed by atoms with Crippen molar-refractivity contribution in [2.75, 3.05) is 37.0 Å². The summed E-state index contributed by atoms with van der Waals surface area (Å²) < 4.78 is 13.4. The summed E-state index contributed by atoms with van der Waals surface area (Å²) in [5, 5.41) is 13.6. The number of benzene rings is 2. The van der Waals surface area contributed by atoms with E-state index in [-0.39, 0.29) is 17.7 Å². The number of rotatable bonds is 7. The second-order valence-corrected chi connectivity index (χ2v) is 9.26. The monoisotopic (exact) mass is 477 g/mol. The Morgan fingerprint density at radius 3 is 2.74 bits per heavy atom. The molecule has 2 aromatic carbocycles. The number of thioether (sulfide) groups is 1. The first-order valence-corrected chi connectivity index (χ1v) is 12.3. The number of amides is 1. The van der Waals surface area contributed by atoms with Crippen molar-refractivity contribution in [3.05, 3.63) is 65.9 Å². The van der Waals surface area contributed by atoms with Crippen LogP contribution in [0.5, 0.6) is 0 Å². The zero-order chi connectivity index (χ0) is 23.5. The molecule has 1 saturated heterocycles. The summed E-state index contributed by atoms with van der Waals surface area (Å²) in [6, 6.07) is 17.8. The third-order valence-corrected chi connectivity index (χ3v) is 6.68. The lowest BCUT2D eigenvalue weighted by Gasteiger charge is -2.28. The average Bonchev–Trinajstić information content (AvgIpc) is 3.48. The van der Waals surface area contributed by atoms with Crippen LogP contribution in [0.25, 0.3) is 16.7 Å². The van der Waals surface area contributed by atoms with E-state index in [1.165, 1.54) is 11.8 Å². The fourth-order valence-electron chi connectivity index (χ4n) is 4.02. The predicted molar refractivity (Wildman–Crippen MR) is 133 cm³/mol. The van der Waals surface area contributed by atoms with Gasteiger partial charge in [0.2, 0.25) is 11.9 Å². The van der Waals surface area contributed by atoms with Crippen LogP contribution in [0.4, 0.5) is 5.95 Å². The normalized spacial score (nSPS) is 14.9. The van der Waals surface area contributed by atoms with Gasteiger partial charge in [-0.05, 0) is 43.7 Å². The molecule has 1 N–H and O–H groups in total. The van der Waals surface area contributed by atoms with Crippen molar-refractivity contribution in [1.29, 1.82) is 0 Å². The topological polar surface area (TPSA) is 85.4 Å². The van der Waals surface area contributed by atoms with E-state index in [2.05, 4.69) is 39.5 Å². The molecule has 1 amide bonds. The number of carbonyl (C=O) groups is 1. The zero-order valence-corrected chi connectivity index (χ0v) is 20.0. The summed E-state index contributed by atoms with van der Waals surface area (Å²) in [6.07, 6.45) is 0. The van der Waals surface area contributed by atoms with Gasteiger partial charge >= 0.3 is 0 Å². The molecule has 0 radical (unpaired) electrons. The van der Waals surface area contributed by atoms with Gasteiger partial charge in [-0.2, -0.15) is 0 Å². The van der Waals surface area contributed by atoms with Crippen LogP contribution in [0.2, 0.25) is 0 Å². The molecule has 9 heteroatoms. The SMILES string of the molecule is Cc1cccc(-n2c(SCC(=O)N[C@@H](C)c3cc4ccccc4o3)nnc2N2CCOCC2)c1. The van der Waals surface area contributed by atoms with Crippen molar-refractivity contribution in [1.82, 2.24) is 20.1 Å². The van der Waals surface area contributed by atoms with E-state index in [1.807, 2.05) is 54.0 Å². The van der Waals surface area contributed by atoms with Gasteiger partial charge in [0.25, 0.3) is 0 Å². The molecule has 1 fully saturated rings. The first-order chi connectivity index (χ1) is 16.6. The largest absolute Gasteiger partial charge is 0.459 e. The van der Waals surface area contributed by atoms with Crippen LogP contribution in [0.15, 0.2) is 64.2 Å². The average molecular weight is 478 g/mol. The van der Waals surface area contributed by atoms with Crippen LogP contribution in [-0.4, -0.2) is 52.7 Å². The quantitative estimate of drug-likeness (QED) is 0.401. The van der Waals surface area contributed by atoms with Crippen LogP contribution in [0.1, 0.15) is 24.3 Å². The molecule has 176 valence electrons. The smallest absolute Gasteiger partial charge is 0.232 e. The van der Waals surface area contributed by atoms with Gasteiger partial charge in [-0.3, -0.25) is 9.36 Å². The molecule has 5 rings (SSSR count). The van der Waals surface area contributed by atoms with Crippen molar-refractivity contribution < 1.29 is 13.9 Å². The highest BCUT2D eigenvalue weighted by Gasteiger charge is 2.23. The van der Waals surface area contributed by atoms with Crippen LogP contribution in [0, 0.1) is 6.92 Å². The molecule has 0 saturated carbocycles. The van der Waals surface area contributed by atoms with Crippen molar-refractivity contribution in [3.63, 3.8) is 0 Å². The number of aryl methyl sites for hydroxylation is 1. The van der Waals surface area contributed by atoms with E-state index in [9.17, 15) is 4.79 Å². The van der Waals surface area contributed by atoms with Crippen LogP contribution < -0.4 is 10.2 Å². The van der Waals surface area contributed by atoms with Crippen LogP contribution in [0.3, 0.4) is 0 Å². The zero-order valence-electron chi connectivity index (χ0n) is 19.2. The molecular weight excluding hydrogens is 450 g/mol. The first kappa shape index (κ1) is 22.5. The minimum absolute atomic E-state index is 0.0929. The van der Waals surface area contributed by atoms with Gasteiger partial charge in [0.05, 0.1) is 30.7 Å². The van der Waals surface area contributed by atoms with Gasteiger partial charge in [-0.25, -0.2) is 0 Å². The summed E-state index contributed by atoms with van der Waals surface area (Å²) in [7, 11) is 0. The number of para-hydroxylation sites is 1. The highest BCUT2D eigenvalue weighted by atomic mass is 32.2. The predicted octanol–water partition coefficient (Wildman–Crippen LogP) is 4.13. The Morgan fingerprint density at radius 1 is 1.12 bits per heavy atom. The maximum Gasteiger partial charge on any atom is 0.232 e. The van der Waals surface area contributed by atoms with Crippen LogP contribution >= 0.6 is 11.8 Å². The lowest BCUT2D eigenvalue weighted by Crippen LogP contribution is -2.37. The molecule has 34 heavy (non-hydrogen) atoms. The summed E-state index contributed by atoms with van der Waals surface area (Å²) in [6.45, 7) is 6.80. The van der Waals surface area contributed by atoms with Crippen LogP contribution in [-0.2, 0) is 9.53 Å². The second-order valence-electron chi connectivity index (χ2n) is 8.32. The van der Waals surface area contributed by atoms with Gasteiger partial charge in [0, 0.05) is 18.5 Å². The van der Waals surface area contributed by atoms with E-state index < -0.39 is 0 Å². The number of aromatic nitrogens is 3. The number of anilines is 1. The maximum absolute atomic E-state index is 12.8. The minimum Gasteiger partial charge on any atom is -0.459 e. The van der Waals surface area contributed by atoms with Gasteiger partial charge in [0.15, 0.2) is 5.16 Å². The summed E-state index contributed by atoms with van der Waals surface area (Å²) >= 11 is 1.37. The van der Waals surface area contributed by atoms with Gasteiger partial charge in [0.1, 0.15) is 11.3 Å². The van der Waals surface area contributed by atoms with Crippen molar-refractivity contribution in [3.8, 4) is 5.69 Å². The number of furan rings is 1. The fraction of sp³-hybridized carbons (Fsp3) is 0.320. The van der Waals surface area contributed by atoms with Crippen molar-refractivity contribution in [2.45, 2.75) is 25.0 Å². The number of nitrogens with one attached hydrogen (secondary N) is 1. The Morgan fingerprint density at radius 2 is 1.94 bits per heavy atom. The molecule has 1 aliphatic rings. The molecule has 0 aliphatic carbocycles. The number of ether oxygens (including phenoxy) is 1. The Labute approximate surface area is 202 Å². The third kappa shape index (κ3) is 4.80. The molecule has 0 spiro atoms. The molecule has 4 aromatic rings. The lowest BCUT2D eigenvalue weighted by molar-refractivity contribution is -0.119. The van der Waals surface area contributed by atoms with Gasteiger partial charge in [-0.15, -0.1) is 10.2 Å². The van der Waals surface area contributed by atoms with E-state index in [0.717, 1.165) is 47.0 Å². The summed E-state index contributed by atoms with van der Waals surface area (Å²) in [5.74, 6) is 1.63. The van der Waals surface area contributed by atoms with Crippen molar-refractivity contribution in [2.24, 2.45) is 0 Å². The van der Waals surface area contributed by atoms with E-state index in [1.54, 1.807) is 0 Å². The number of morpholine rings is 1. The molecule has 1 atom stereocenters. The number of fused-ring (bicyclic) bond motifs is 1. The summed E-state index contributed by atoms with van der Waals surface area (Å²) in [5.41, 5.74) is 2.94. The number of hydrogen-bond donors (Lipinski definition) is 1. The number of hydrogen-bond acceptors (Lipinski definition) is 7. The van der Waals surface area contributed by atoms with E-state index in [0.29, 0.717) is 18.4 Å². The fourth-order valence-corrected chi connectivity index (χ4v) is 4.78. The molecule has 3 heterocycles. The maximum atomic E-state index is 12.8. The molecule has 8 nitrogen and oxygen atoms in total. The van der Waals surface area contributed by atoms with Gasteiger partial charge in [-0.1, -0.05) is 42.1 Å². The lowest BCUT2D eigenvalue weighted by atomic mass is 10.2. The standard InChI is InChI=1S/C25H27N5O3S/c1-17-6-5-8-20(14-17)30-24(29-10-12-32-13-11-29)27-28-25(30)34-16-23(31)26-18(2)22-15-19-7-3-4-9-21(19)33-22/h3-9,14-15,18H,10-13,16H2,1-2H3,(H,26,31)/t18-/m0/s1. The molecule has 1 aliphatic heterocycles. The van der Waals surface area contributed by atoms with E-state index >= 15 is 0 Å². The highest BCUT2D eigenvalue weighted by molar-refractivity contribution is 7.99. The Kier molecular flexibility index (Phi) is 6.55. The number of carbonyl (C=O) groups excluding carboxylic acids is 1. The Bertz CT molecular complexity index is 1260. The first-order valence-electron chi connectivity index (χ1n) is 11.3.